The van der Waals surface area contributed by atoms with Crippen molar-refractivity contribution in [3.8, 4) is 11.5 Å². The van der Waals surface area contributed by atoms with Crippen LogP contribution in [0.3, 0.4) is 0 Å². The third-order valence-corrected chi connectivity index (χ3v) is 32.3. The number of ether oxygens (including phenoxy) is 12. The van der Waals surface area contributed by atoms with Crippen molar-refractivity contribution in [1.29, 1.82) is 0 Å². The van der Waals surface area contributed by atoms with Crippen LogP contribution in [-0.4, -0.2) is 137 Å². The van der Waals surface area contributed by atoms with Gasteiger partial charge in [-0.05, 0) is 323 Å². The van der Waals surface area contributed by atoms with Gasteiger partial charge in [-0.2, -0.15) is 0 Å². The molecule has 22 nitrogen and oxygen atoms in total. The van der Waals surface area contributed by atoms with Crippen LogP contribution in [-0.2, 0) is 108 Å². The van der Waals surface area contributed by atoms with E-state index in [1.165, 1.54) is 12.2 Å². The molecule has 0 N–H and O–H groups in total. The molecule has 0 aliphatic heterocycles. The highest BCUT2D eigenvalue weighted by Gasteiger charge is 2.70. The van der Waals surface area contributed by atoms with Crippen molar-refractivity contribution in [3.05, 3.63) is 83.0 Å². The Morgan fingerprint density at radius 3 is 1.18 bits per heavy atom. The lowest BCUT2D eigenvalue weighted by atomic mass is 9.43. The molecule has 10 saturated carbocycles. The summed E-state index contributed by atoms with van der Waals surface area (Å²) in [5.74, 6) is 1.16. The number of fused-ring (bicyclic) bond motifs is 10. The van der Waals surface area contributed by atoms with E-state index >= 15 is 0 Å². The van der Waals surface area contributed by atoms with Crippen LogP contribution in [0.1, 0.15) is 273 Å². The zero-order chi connectivity index (χ0) is 85.5. The van der Waals surface area contributed by atoms with Crippen molar-refractivity contribution in [2.75, 3.05) is 26.4 Å². The Kier molecular flexibility index (Phi) is 31.7. The van der Waals surface area contributed by atoms with Crippen LogP contribution >= 0.6 is 0 Å². The molecular weight excluding hydrogens is 1530 g/mol. The minimum atomic E-state index is -0.427. The van der Waals surface area contributed by atoms with E-state index in [2.05, 4.69) is 65.8 Å². The molecule has 12 rings (SSSR count). The fourth-order valence-electron chi connectivity index (χ4n) is 26.3. The van der Waals surface area contributed by atoms with Gasteiger partial charge >= 0.3 is 35.8 Å². The van der Waals surface area contributed by atoms with E-state index in [4.69, 9.17) is 56.8 Å². The summed E-state index contributed by atoms with van der Waals surface area (Å²) in [7, 11) is 0. The first-order valence-electron chi connectivity index (χ1n) is 46.0. The van der Waals surface area contributed by atoms with Crippen molar-refractivity contribution >= 4 is 61.7 Å². The van der Waals surface area contributed by atoms with E-state index in [1.54, 1.807) is 13.8 Å². The smallest absolute Gasteiger partial charge is 0.330 e. The van der Waals surface area contributed by atoms with Crippen LogP contribution in [0.2, 0.25) is 0 Å². The topological polar surface area (TPSA) is 281 Å². The van der Waals surface area contributed by atoms with E-state index < -0.39 is 10.8 Å². The Labute approximate surface area is 711 Å². The van der Waals surface area contributed by atoms with Gasteiger partial charge in [-0.1, -0.05) is 78.6 Å². The summed E-state index contributed by atoms with van der Waals surface area (Å²) in [5, 5.41) is 0. The maximum atomic E-state index is 13.9. The third-order valence-electron chi connectivity index (χ3n) is 32.3. The molecule has 0 aromatic heterocycles. The lowest BCUT2D eigenvalue weighted by molar-refractivity contribution is -0.219. The first-order chi connectivity index (χ1) is 57.8. The van der Waals surface area contributed by atoms with Crippen molar-refractivity contribution in [3.63, 3.8) is 0 Å². The van der Waals surface area contributed by atoms with Gasteiger partial charge in [0.05, 0.1) is 13.2 Å². The Morgan fingerprint density at radius 1 is 0.425 bits per heavy atom. The second kappa shape index (κ2) is 41.6. The van der Waals surface area contributed by atoms with Crippen LogP contribution in [0.5, 0.6) is 11.5 Å². The van der Waals surface area contributed by atoms with Crippen molar-refractivity contribution in [1.82, 2.24) is 0 Å². The Balaban J connectivity index is 0.577. The monoisotopic (exact) mass is 1670 g/mol. The van der Waals surface area contributed by atoms with E-state index in [9.17, 15) is 47.9 Å². The van der Waals surface area contributed by atoms with Gasteiger partial charge in [-0.15, -0.1) is 0 Å². The predicted molar refractivity (Wildman–Crippen MR) is 446 cm³/mol. The lowest BCUT2D eigenvalue weighted by Gasteiger charge is -2.64. The van der Waals surface area contributed by atoms with Crippen LogP contribution in [0.4, 0.5) is 0 Å². The van der Waals surface area contributed by atoms with Gasteiger partial charge in [0.15, 0.2) is 0 Å². The number of carbonyl (C=O) groups excluding carboxylic acids is 10. The summed E-state index contributed by atoms with van der Waals surface area (Å²) in [5.41, 5.74) is 2.56. The second-order valence-corrected chi connectivity index (χ2v) is 38.9. The van der Waals surface area contributed by atoms with Gasteiger partial charge in [0.2, 0.25) is 0 Å². The largest absolute Gasteiger partial charge is 0.489 e. The molecule has 0 amide bonds. The van der Waals surface area contributed by atoms with Gasteiger partial charge in [-0.25, -0.2) is 9.59 Å². The average Bonchev–Trinajstić information content (AvgIpc) is 1.19. The third kappa shape index (κ3) is 21.2. The number of hydrogen-bond donors (Lipinski definition) is 0. The van der Waals surface area contributed by atoms with Gasteiger partial charge in [0, 0.05) is 60.5 Å². The number of esters is 6. The summed E-state index contributed by atoms with van der Waals surface area (Å²) < 4.78 is 71.9. The molecule has 2 aromatic rings. The number of unbranched alkanes of at least 4 members (excludes halogenated alkanes) is 1. The molecule has 0 heterocycles. The van der Waals surface area contributed by atoms with E-state index in [-0.39, 0.29) is 217 Å². The second-order valence-electron chi connectivity index (χ2n) is 38.9. The fourth-order valence-corrected chi connectivity index (χ4v) is 26.3. The van der Waals surface area contributed by atoms with Gasteiger partial charge < -0.3 is 56.8 Å². The quantitative estimate of drug-likeness (QED) is 0.0198. The summed E-state index contributed by atoms with van der Waals surface area (Å²) in [6.07, 6.45) is 23.1. The van der Waals surface area contributed by atoms with E-state index in [0.29, 0.717) is 128 Å². The minimum Gasteiger partial charge on any atom is -0.489 e. The average molecular weight is 1670 g/mol. The summed E-state index contributed by atoms with van der Waals surface area (Å²) in [6.45, 7) is 24.4. The zero-order valence-corrected chi connectivity index (χ0v) is 73.2. The molecule has 22 heteroatoms. The van der Waals surface area contributed by atoms with Crippen LogP contribution in [0.15, 0.2) is 71.8 Å². The first kappa shape index (κ1) is 91.4. The van der Waals surface area contributed by atoms with Crippen LogP contribution in [0, 0.1) is 105 Å². The van der Waals surface area contributed by atoms with Gasteiger partial charge in [-0.3, -0.25) is 38.4 Å². The Hall–Kier alpha value is -7.78. The summed E-state index contributed by atoms with van der Waals surface area (Å²) in [6, 6.07) is 16.0. The SMILES string of the molecule is CCOC(=O)/C=C(/C)COc1ccc(C[C@@H]2CCCC[C@@H]2OC(=O)CC[C@@H](C)[C@H]2CC[C@H]3[C@@H]4[C@H](OC=O)C[C@@H]5C[C@H](OC(=O)CCCCC(=O)O[C@@H]6CC[C@@]7(C)[C@@H](C6)C[C@@H](OC=O)[C@@H]6[C@@H]7C[C@H](OC=O)[C@]7(C)[C@@H]([C@H](C)CCC(=O)O[C@H]8CCCC[C@H]8Cc8ccc(OC/C(C)=C\C(=O)OCC)cc8)CC[C@@H]67)CC[C@]5(C)[C@H]4C[C@H](OC=O)[C@]23C)cc1. The minimum absolute atomic E-state index is 0.0359. The van der Waals surface area contributed by atoms with Crippen LogP contribution in [0.25, 0.3) is 0 Å². The van der Waals surface area contributed by atoms with E-state index in [0.717, 1.165) is 125 Å². The maximum absolute atomic E-state index is 13.9. The highest BCUT2D eigenvalue weighted by atomic mass is 16.6. The molecule has 10 fully saturated rings. The molecular formula is C98H138O22. The molecule has 26 atom stereocenters. The summed E-state index contributed by atoms with van der Waals surface area (Å²) in [4.78, 5) is 129. The van der Waals surface area contributed by atoms with Crippen molar-refractivity contribution < 1.29 is 105 Å². The molecule has 0 spiro atoms. The summed E-state index contributed by atoms with van der Waals surface area (Å²) >= 11 is 0. The standard InChI is InChI=1S/C98H138O22/c1-11-109-91(107)45-61(3)55-111-71-31-27-65(28-32-71)47-67-19-13-15-21-81(67)119-89(105)39-25-63(5)75-35-37-77-93-79(53-85(115-59-101)97(75,77)9)95(7)43-41-73(49-69(95)51-83(93)113-57-99)117-87(103)23-17-18-24-88(104)118-74-42-44-96(8)70(50-74)52-84(114-58-100)94-78-38-36-76(98(78,10)86(116-60-102)54-80(94)96)64(6)26-40-90(106)120-82-22-16-14-20-68(82)48-66-29-33-72(34-30-66)112-56-62(4)46-92(108)110-12-2/h27-34,45-46,57-60,63-64,67-70,73-86,93-94H,11-26,35-44,47-56H2,1-10H3/b61-45-,62-46-/t63-,64-,67+,68+,69+,70+,73-,74-,75-,76-,77+,78+,79+,80+,81+,82+,83-,84-,85+,86+,93+,94+,95+,96+,97-,98-/m1/s1. The molecule has 120 heavy (non-hydrogen) atoms. The molecule has 0 bridgehead atoms. The van der Waals surface area contributed by atoms with E-state index in [1.807, 2.05) is 38.1 Å². The molecule has 662 valence electrons. The fraction of sp³-hybridized carbons (Fsp3) is 0.735. The number of rotatable bonds is 39. The Bertz CT molecular complexity index is 3620. The molecule has 10 aliphatic carbocycles. The Morgan fingerprint density at radius 2 is 0.800 bits per heavy atom. The predicted octanol–water partition coefficient (Wildman–Crippen LogP) is 17.6. The lowest BCUT2D eigenvalue weighted by Crippen LogP contribution is -2.63. The number of benzene rings is 2. The molecule has 2 aromatic carbocycles. The van der Waals surface area contributed by atoms with Crippen molar-refractivity contribution in [2.45, 2.75) is 324 Å². The van der Waals surface area contributed by atoms with Gasteiger partial charge in [0.1, 0.15) is 73.5 Å². The highest BCUT2D eigenvalue weighted by Crippen LogP contribution is 2.72. The first-order valence-corrected chi connectivity index (χ1v) is 46.0. The number of hydrogen-bond acceptors (Lipinski definition) is 22. The normalized spacial score (nSPS) is 35.5. The van der Waals surface area contributed by atoms with Crippen molar-refractivity contribution in [2.24, 2.45) is 105 Å². The van der Waals surface area contributed by atoms with Crippen LogP contribution < -0.4 is 9.47 Å². The molecule has 0 saturated heterocycles. The molecule has 0 radical (unpaired) electrons. The number of carbonyl (C=O) groups is 10. The molecule has 10 aliphatic rings. The maximum Gasteiger partial charge on any atom is 0.330 e. The molecule has 0 unspecified atom stereocenters. The highest BCUT2D eigenvalue weighted by molar-refractivity contribution is 5.83. The van der Waals surface area contributed by atoms with Gasteiger partial charge in [0.25, 0.3) is 25.9 Å². The zero-order valence-electron chi connectivity index (χ0n) is 73.2.